The van der Waals surface area contributed by atoms with Crippen LogP contribution in [0.1, 0.15) is 34.5 Å². The lowest BCUT2D eigenvalue weighted by molar-refractivity contribution is -0.704. The van der Waals surface area contributed by atoms with Crippen LogP contribution in [0, 0.1) is 0 Å². The van der Waals surface area contributed by atoms with Gasteiger partial charge in [-0.15, -0.1) is 13.2 Å². The van der Waals surface area contributed by atoms with E-state index in [4.69, 9.17) is 69.1 Å². The van der Waals surface area contributed by atoms with Gasteiger partial charge in [-0.1, -0.05) is 71.8 Å². The van der Waals surface area contributed by atoms with E-state index in [1.54, 1.807) is 26.4 Å². The molecule has 0 saturated carbocycles. The van der Waals surface area contributed by atoms with Crippen LogP contribution >= 0.6 is 23.2 Å². The number of ether oxygens (including phenoxy) is 6. The molecule has 4 unspecified atom stereocenters. The summed E-state index contributed by atoms with van der Waals surface area (Å²) in [4.78, 5) is 0. The molecule has 8 rings (SSSR count). The number of halogens is 2. The second kappa shape index (κ2) is 23.5. The van der Waals surface area contributed by atoms with E-state index in [1.807, 2.05) is 84.9 Å². The average molecular weight is 948 g/mol. The van der Waals surface area contributed by atoms with Gasteiger partial charge in [-0.25, -0.2) is 18.3 Å². The summed E-state index contributed by atoms with van der Waals surface area (Å²) in [6, 6.07) is 27.5. The molecule has 0 bridgehead atoms. The first-order valence-corrected chi connectivity index (χ1v) is 22.8. The highest BCUT2D eigenvalue weighted by atomic mass is 35.5. The largest absolute Gasteiger partial charge is 0.759 e. The van der Waals surface area contributed by atoms with Crippen molar-refractivity contribution in [2.45, 2.75) is 63.4 Å². The lowest BCUT2D eigenvalue weighted by atomic mass is 10.1. The van der Waals surface area contributed by atoms with Crippen molar-refractivity contribution in [3.8, 4) is 23.0 Å². The molecule has 2 aliphatic heterocycles. The second-order valence-electron chi connectivity index (χ2n) is 15.1. The van der Waals surface area contributed by atoms with Crippen LogP contribution in [-0.2, 0) is 58.9 Å². The van der Waals surface area contributed by atoms with Crippen molar-refractivity contribution in [1.82, 2.24) is 9.13 Å². The zero-order valence-corrected chi connectivity index (χ0v) is 38.4. The molecule has 14 nitrogen and oxygen atoms in total. The molecular weight excluding hydrogens is 896 g/mol. The fraction of sp³-hybridized carbons (Fsp3) is 0.292. The normalized spacial score (nSPS) is 15.7. The Hall–Kier alpha value is -5.65. The summed E-state index contributed by atoms with van der Waals surface area (Å²) < 4.78 is 77.9. The highest BCUT2D eigenvalue weighted by Crippen LogP contribution is 2.33. The van der Waals surface area contributed by atoms with Crippen LogP contribution in [0.15, 0.2) is 148 Å². The maximum atomic E-state index is 8.52. The average Bonchev–Trinajstić information content (AvgIpc) is 4.10. The predicted molar refractivity (Wildman–Crippen MR) is 243 cm³/mol. The highest BCUT2D eigenvalue weighted by molar-refractivity contribution is 7.79. The first-order valence-electron chi connectivity index (χ1n) is 20.7. The Kier molecular flexibility index (Phi) is 17.6. The summed E-state index contributed by atoms with van der Waals surface area (Å²) in [6.07, 6.45) is 17.6. The smallest absolute Gasteiger partial charge is 0.243 e. The molecule has 0 saturated heterocycles. The first kappa shape index (κ1) is 48.8. The molecule has 0 N–H and O–H groups in total. The number of nitrogens with zero attached hydrogens (tertiary/aromatic N) is 4. The second-order valence-corrected chi connectivity index (χ2v) is 16.8. The van der Waals surface area contributed by atoms with Crippen molar-refractivity contribution in [3.05, 3.63) is 180 Å². The first-order chi connectivity index (χ1) is 31.3. The van der Waals surface area contributed by atoms with Gasteiger partial charge in [-0.2, -0.15) is 0 Å². The highest BCUT2D eigenvalue weighted by Gasteiger charge is 2.28. The van der Waals surface area contributed by atoms with Gasteiger partial charge in [0.05, 0.1) is 27.4 Å². The summed E-state index contributed by atoms with van der Waals surface area (Å²) in [5, 5.41) is 1.50. The molecule has 344 valence electrons. The van der Waals surface area contributed by atoms with E-state index >= 15 is 0 Å². The Balaban J connectivity index is 0.000000195. The Morgan fingerprint density at radius 1 is 0.708 bits per heavy atom. The van der Waals surface area contributed by atoms with E-state index in [1.165, 1.54) is 11.1 Å². The number of hydrogen-bond donors (Lipinski definition) is 0. The third-order valence-electron chi connectivity index (χ3n) is 10.4. The van der Waals surface area contributed by atoms with Gasteiger partial charge >= 0.3 is 0 Å². The number of imidazole rings is 2. The van der Waals surface area contributed by atoms with Crippen molar-refractivity contribution in [1.29, 1.82) is 0 Å². The Bertz CT molecular complexity index is 2450. The minimum Gasteiger partial charge on any atom is -0.759 e. The minimum absolute atomic E-state index is 0.0985. The third kappa shape index (κ3) is 14.7. The van der Waals surface area contributed by atoms with Gasteiger partial charge in [-0.3, -0.25) is 8.42 Å². The maximum Gasteiger partial charge on any atom is 0.243 e. The molecule has 2 aliphatic rings. The molecule has 4 aromatic carbocycles. The number of hydrogen-bond acceptors (Lipinski definition) is 10. The molecular formula is C48H52Cl2N4O10S. The van der Waals surface area contributed by atoms with Crippen LogP contribution in [0.3, 0.4) is 0 Å². The molecule has 0 amide bonds. The van der Waals surface area contributed by atoms with Crippen LogP contribution in [0.4, 0.5) is 0 Å². The number of rotatable bonds is 18. The molecule has 4 heterocycles. The van der Waals surface area contributed by atoms with Crippen molar-refractivity contribution < 1.29 is 55.1 Å². The summed E-state index contributed by atoms with van der Waals surface area (Å²) >= 11 is 12.2. The number of fused-ring (bicyclic) bond motifs is 2. The molecule has 65 heavy (non-hydrogen) atoms. The number of benzene rings is 4. The van der Waals surface area contributed by atoms with Gasteiger partial charge in [0.2, 0.25) is 12.7 Å². The lowest BCUT2D eigenvalue weighted by Gasteiger charge is -2.18. The lowest BCUT2D eigenvalue weighted by Crippen LogP contribution is -2.36. The summed E-state index contributed by atoms with van der Waals surface area (Å²) in [5.41, 5.74) is 4.38. The third-order valence-corrected chi connectivity index (χ3v) is 10.9. The van der Waals surface area contributed by atoms with Gasteiger partial charge in [0.1, 0.15) is 98.4 Å². The monoisotopic (exact) mass is 946 g/mol. The zero-order valence-electron chi connectivity index (χ0n) is 36.1. The van der Waals surface area contributed by atoms with Crippen molar-refractivity contribution in [2.24, 2.45) is 0 Å². The van der Waals surface area contributed by atoms with E-state index in [0.717, 1.165) is 70.1 Å². The maximum absolute atomic E-state index is 8.52. The van der Waals surface area contributed by atoms with Crippen LogP contribution in [0.5, 0.6) is 23.0 Å². The molecule has 0 fully saturated rings. The minimum atomic E-state index is -5.17. The SMILES string of the molecule is C=CCOC(C[n+]1ccn(CC2Cc3cc(Cl)ccc3O2)c1)c1ccccc1OC.C=CCOC(C[n+]1ccn(CC2Cc3cc(Cl)ccc3O2)c1)c1ccccc1OC.O=S(=O)([O-])[O-]. The van der Waals surface area contributed by atoms with Gasteiger partial charge in [0, 0.05) is 44.4 Å². The molecule has 17 heteroatoms. The van der Waals surface area contributed by atoms with Crippen molar-refractivity contribution in [3.63, 3.8) is 0 Å². The van der Waals surface area contributed by atoms with Crippen LogP contribution < -0.4 is 28.1 Å². The Morgan fingerprint density at radius 2 is 1.11 bits per heavy atom. The van der Waals surface area contributed by atoms with Gasteiger partial charge in [0.25, 0.3) is 0 Å². The fourth-order valence-corrected chi connectivity index (χ4v) is 8.05. The summed E-state index contributed by atoms with van der Waals surface area (Å²) in [5.74, 6) is 3.50. The standard InChI is InChI=1S/2C24H26ClN2O3.H2O4S/c2*1-3-12-29-24(21-6-4-5-7-23(21)28-2)16-27-11-10-26(17-27)15-20-14-18-13-19(25)8-9-22(18)30-20;1-5(2,3)4/h2*3-11,13,17,20,24H,1,12,14-16H2,2H3;(H2,1,2,3,4)/q2*+1;/p-2. The van der Waals surface area contributed by atoms with E-state index in [2.05, 4.69) is 68.9 Å². The molecule has 4 atom stereocenters. The van der Waals surface area contributed by atoms with E-state index in [9.17, 15) is 0 Å². The number of methoxy groups -OCH3 is 2. The van der Waals surface area contributed by atoms with Gasteiger partial charge < -0.3 is 37.5 Å². The van der Waals surface area contributed by atoms with E-state index in [-0.39, 0.29) is 24.4 Å². The topological polar surface area (TPSA) is 153 Å². The van der Waals surface area contributed by atoms with Crippen LogP contribution in [-0.4, -0.2) is 66.3 Å². The molecule has 0 aliphatic carbocycles. The molecule has 0 radical (unpaired) electrons. The van der Waals surface area contributed by atoms with Gasteiger partial charge in [0.15, 0.2) is 0 Å². The fourth-order valence-electron chi connectivity index (χ4n) is 7.66. The van der Waals surface area contributed by atoms with Crippen molar-refractivity contribution >= 4 is 33.6 Å². The van der Waals surface area contributed by atoms with Crippen LogP contribution in [0.25, 0.3) is 0 Å². The quantitative estimate of drug-likeness (QED) is 0.0368. The molecule has 6 aromatic rings. The number of aromatic nitrogens is 4. The van der Waals surface area contributed by atoms with Gasteiger partial charge in [-0.05, 0) is 59.7 Å². The summed E-state index contributed by atoms with van der Waals surface area (Å²) in [7, 11) is -1.81. The predicted octanol–water partition coefficient (Wildman–Crippen LogP) is 7.43. The zero-order chi connectivity index (χ0) is 46.3. The Morgan fingerprint density at radius 3 is 1.49 bits per heavy atom. The summed E-state index contributed by atoms with van der Waals surface area (Å²) in [6.45, 7) is 11.4. The van der Waals surface area contributed by atoms with E-state index < -0.39 is 10.4 Å². The Labute approximate surface area is 390 Å². The number of para-hydroxylation sites is 2. The van der Waals surface area contributed by atoms with Crippen molar-refractivity contribution in [2.75, 3.05) is 27.4 Å². The molecule has 0 spiro atoms. The van der Waals surface area contributed by atoms with E-state index in [0.29, 0.717) is 26.3 Å². The molecule has 2 aromatic heterocycles. The van der Waals surface area contributed by atoms with Crippen LogP contribution in [0.2, 0.25) is 10.0 Å².